The van der Waals surface area contributed by atoms with Crippen molar-refractivity contribution in [2.24, 2.45) is 0 Å². The maximum absolute atomic E-state index is 15.0. The molecule has 0 aliphatic rings. The molecule has 142 valence electrons. The van der Waals surface area contributed by atoms with Gasteiger partial charge in [-0.15, -0.1) is 0 Å². The fourth-order valence-electron chi connectivity index (χ4n) is 2.44. The first-order chi connectivity index (χ1) is 14.6. The number of carbonyl (C=O) groups excluding carboxylic acids is 1. The predicted molar refractivity (Wildman–Crippen MR) is 101 cm³/mol. The largest absolute Gasteiger partial charge is 0.345 e. The van der Waals surface area contributed by atoms with Crippen LogP contribution in [0.5, 0.6) is 0 Å². The Morgan fingerprint density at radius 3 is 2.96 bits per heavy atom. The van der Waals surface area contributed by atoms with Crippen molar-refractivity contribution in [2.75, 3.05) is 10.5 Å². The number of H-pyrrole nitrogens is 1. The Balaban J connectivity index is 2.00. The topological polar surface area (TPSA) is 91.9 Å². The van der Waals surface area contributed by atoms with Crippen LogP contribution in [0.25, 0.3) is 11.0 Å². The lowest BCUT2D eigenvalue weighted by molar-refractivity contribution is 0.103. The maximum Gasteiger partial charge on any atom is 0.232 e. The van der Waals surface area contributed by atoms with Crippen LogP contribution in [-0.4, -0.2) is 29.9 Å². The lowest BCUT2D eigenvalue weighted by Crippen LogP contribution is -2.18. The van der Waals surface area contributed by atoms with Crippen molar-refractivity contribution in [3.05, 3.63) is 57.8 Å². The Bertz CT molecular complexity index is 1330. The molecule has 0 radical (unpaired) electrons. The van der Waals surface area contributed by atoms with Gasteiger partial charge in [-0.1, -0.05) is 6.85 Å². The van der Waals surface area contributed by atoms with E-state index in [2.05, 4.69) is 25.9 Å². The molecule has 0 spiro atoms. The van der Waals surface area contributed by atoms with Gasteiger partial charge in [-0.2, -0.15) is 0 Å². The van der Waals surface area contributed by atoms with Crippen LogP contribution >= 0.6 is 15.9 Å². The number of sulfonamides is 1. The van der Waals surface area contributed by atoms with Gasteiger partial charge in [0, 0.05) is 34.7 Å². The van der Waals surface area contributed by atoms with Crippen LogP contribution in [0.2, 0.25) is 0 Å². The molecule has 1 aromatic carbocycles. The summed E-state index contributed by atoms with van der Waals surface area (Å²) >= 11 is 3.18. The molecule has 6 nitrogen and oxygen atoms in total. The van der Waals surface area contributed by atoms with E-state index in [-0.39, 0.29) is 16.6 Å². The first kappa shape index (κ1) is 13.8. The Labute approximate surface area is 169 Å². The summed E-state index contributed by atoms with van der Waals surface area (Å²) in [6.45, 7) is -3.26. The van der Waals surface area contributed by atoms with E-state index in [1.165, 1.54) is 18.5 Å². The number of ketones is 1. The van der Waals surface area contributed by atoms with Crippen LogP contribution in [0.1, 0.15) is 36.0 Å². The molecule has 2 aromatic heterocycles. The number of aromatic amines is 1. The van der Waals surface area contributed by atoms with Crippen molar-refractivity contribution in [3.63, 3.8) is 0 Å². The van der Waals surface area contributed by atoms with Gasteiger partial charge in [-0.3, -0.25) is 9.52 Å². The summed E-state index contributed by atoms with van der Waals surface area (Å²) in [6, 6.07) is 2.87. The molecule has 2 N–H and O–H groups in total. The standard InChI is InChI=1S/C17H14BrF2N3O3S/c1-2-5-27(25,26)23-13-4-3-12(19)14(15(13)20)16(24)11-8-22-17-10(11)6-9(18)7-21-17/h3-4,6-8,23H,2,5H2,1H3,(H,21,22)/i1D3,2D2. The number of pyridine rings is 1. The van der Waals surface area contributed by atoms with Crippen LogP contribution in [0.3, 0.4) is 0 Å². The van der Waals surface area contributed by atoms with E-state index >= 15 is 4.39 Å². The molecule has 0 amide bonds. The van der Waals surface area contributed by atoms with E-state index in [1.54, 1.807) is 4.72 Å². The van der Waals surface area contributed by atoms with Gasteiger partial charge >= 0.3 is 0 Å². The SMILES string of the molecule is [2H]C([2H])([2H])C([2H])([2H])CS(=O)(=O)Nc1ccc(F)c(C(=O)c2c[nH]c3ncc(Br)cc23)c1F. The minimum Gasteiger partial charge on any atom is -0.345 e. The number of anilines is 1. The van der Waals surface area contributed by atoms with Gasteiger partial charge in [-0.05, 0) is 40.5 Å². The van der Waals surface area contributed by atoms with Crippen molar-refractivity contribution >= 4 is 48.5 Å². The quantitative estimate of drug-likeness (QED) is 0.541. The lowest BCUT2D eigenvalue weighted by atomic mass is 10.0. The van der Waals surface area contributed by atoms with E-state index in [1.807, 2.05) is 0 Å². The zero-order chi connectivity index (χ0) is 24.1. The number of benzene rings is 1. The molecule has 27 heavy (non-hydrogen) atoms. The molecular weight excluding hydrogens is 444 g/mol. The average Bonchev–Trinajstić information content (AvgIpc) is 3.05. The van der Waals surface area contributed by atoms with Crippen molar-refractivity contribution in [3.8, 4) is 0 Å². The molecule has 3 aromatic rings. The van der Waals surface area contributed by atoms with Crippen LogP contribution in [0, 0.1) is 11.6 Å². The van der Waals surface area contributed by atoms with Gasteiger partial charge in [0.15, 0.2) is 5.82 Å². The fraction of sp³-hybridized carbons (Fsp3) is 0.176. The number of aromatic nitrogens is 2. The van der Waals surface area contributed by atoms with Gasteiger partial charge in [0.05, 0.1) is 17.0 Å². The molecule has 3 rings (SSSR count). The van der Waals surface area contributed by atoms with E-state index < -0.39 is 57.7 Å². The summed E-state index contributed by atoms with van der Waals surface area (Å²) in [7, 11) is -4.73. The highest BCUT2D eigenvalue weighted by molar-refractivity contribution is 9.10. The average molecular weight is 463 g/mol. The van der Waals surface area contributed by atoms with Crippen LogP contribution < -0.4 is 4.72 Å². The molecule has 10 heteroatoms. The fourth-order valence-corrected chi connectivity index (χ4v) is 3.52. The third-order valence-electron chi connectivity index (χ3n) is 3.59. The smallest absolute Gasteiger partial charge is 0.232 e. The Morgan fingerprint density at radius 2 is 2.22 bits per heavy atom. The van der Waals surface area contributed by atoms with Crippen LogP contribution in [0.4, 0.5) is 14.5 Å². The zero-order valence-electron chi connectivity index (χ0n) is 18.3. The second kappa shape index (κ2) is 7.35. The highest BCUT2D eigenvalue weighted by Crippen LogP contribution is 2.28. The highest BCUT2D eigenvalue weighted by atomic mass is 79.9. The summed E-state index contributed by atoms with van der Waals surface area (Å²) < 4.78 is 92.3. The number of carbonyl (C=O) groups is 1. The zero-order valence-corrected chi connectivity index (χ0v) is 15.7. The first-order valence-electron chi connectivity index (χ1n) is 9.79. The monoisotopic (exact) mass is 462 g/mol. The summed E-state index contributed by atoms with van der Waals surface area (Å²) in [6.07, 6.45) is -0.493. The van der Waals surface area contributed by atoms with Crippen molar-refractivity contribution in [1.29, 1.82) is 0 Å². The number of nitrogens with one attached hydrogen (secondary N) is 2. The molecular formula is C17H14BrF2N3O3S. The highest BCUT2D eigenvalue weighted by Gasteiger charge is 2.25. The third-order valence-corrected chi connectivity index (χ3v) is 5.08. The van der Waals surface area contributed by atoms with Crippen LogP contribution in [0.15, 0.2) is 35.1 Å². The van der Waals surface area contributed by atoms with Crippen LogP contribution in [-0.2, 0) is 10.0 Å². The molecule has 0 unspecified atom stereocenters. The summed E-state index contributed by atoms with van der Waals surface area (Å²) in [5, 5.41) is 0.264. The molecule has 2 heterocycles. The van der Waals surface area contributed by atoms with Gasteiger partial charge in [0.25, 0.3) is 0 Å². The first-order valence-corrected chi connectivity index (χ1v) is 9.73. The lowest BCUT2D eigenvalue weighted by Gasteiger charge is -2.11. The van der Waals surface area contributed by atoms with Crippen molar-refractivity contribution < 1.29 is 28.8 Å². The van der Waals surface area contributed by atoms with E-state index in [9.17, 15) is 17.6 Å². The second-order valence-electron chi connectivity index (χ2n) is 5.40. The Morgan fingerprint density at radius 1 is 1.44 bits per heavy atom. The number of nitrogens with zero attached hydrogens (tertiary/aromatic N) is 1. The molecule has 0 saturated heterocycles. The maximum atomic E-state index is 15.0. The number of rotatable bonds is 6. The number of hydrogen-bond acceptors (Lipinski definition) is 4. The number of fused-ring (bicyclic) bond motifs is 1. The van der Waals surface area contributed by atoms with Crippen molar-refractivity contribution in [2.45, 2.75) is 13.2 Å². The molecule has 0 aliphatic heterocycles. The molecule has 0 saturated carbocycles. The van der Waals surface area contributed by atoms with Gasteiger partial charge in [0.2, 0.25) is 15.8 Å². The summed E-state index contributed by atoms with van der Waals surface area (Å²) in [5.41, 5.74) is -1.73. The number of halogens is 3. The van der Waals surface area contributed by atoms with Gasteiger partial charge in [-0.25, -0.2) is 22.2 Å². The normalized spacial score (nSPS) is 15.4. The van der Waals surface area contributed by atoms with Crippen molar-refractivity contribution in [1.82, 2.24) is 9.97 Å². The number of hydrogen-bond donors (Lipinski definition) is 2. The van der Waals surface area contributed by atoms with Gasteiger partial charge < -0.3 is 4.98 Å². The molecule has 0 aliphatic carbocycles. The molecule has 0 atom stereocenters. The Kier molecular flexibility index (Phi) is 3.75. The summed E-state index contributed by atoms with van der Waals surface area (Å²) in [4.78, 5) is 19.6. The Hall–Kier alpha value is -2.33. The minimum atomic E-state index is -4.73. The molecule has 0 fully saturated rings. The predicted octanol–water partition coefficient (Wildman–Crippen LogP) is 3.99. The minimum absolute atomic E-state index is 0.120. The second-order valence-corrected chi connectivity index (χ2v) is 8.04. The molecule has 0 bridgehead atoms. The van der Waals surface area contributed by atoms with E-state index in [0.29, 0.717) is 16.6 Å². The van der Waals surface area contributed by atoms with Gasteiger partial charge in [0.1, 0.15) is 11.5 Å². The third kappa shape index (κ3) is 3.86. The summed E-state index contributed by atoms with van der Waals surface area (Å²) in [5.74, 6) is -5.40. The van der Waals surface area contributed by atoms with E-state index in [0.717, 1.165) is 0 Å². The van der Waals surface area contributed by atoms with E-state index in [4.69, 9.17) is 6.85 Å².